The van der Waals surface area contributed by atoms with Crippen molar-refractivity contribution in [3.63, 3.8) is 0 Å². The molecule has 4 rings (SSSR count). The van der Waals surface area contributed by atoms with Gasteiger partial charge in [0.1, 0.15) is 6.54 Å². The van der Waals surface area contributed by atoms with Crippen LogP contribution in [0.5, 0.6) is 0 Å². The Morgan fingerprint density at radius 2 is 1.55 bits per heavy atom. The Hall–Kier alpha value is -3.38. The monoisotopic (exact) mass is 432 g/mol. The summed E-state index contributed by atoms with van der Waals surface area (Å²) in [4.78, 5) is 15.4. The van der Waals surface area contributed by atoms with Crippen molar-refractivity contribution in [2.75, 3.05) is 11.4 Å². The Morgan fingerprint density at radius 1 is 0.903 bits per heavy atom. The average molecular weight is 433 g/mol. The molecule has 0 aliphatic heterocycles. The Bertz CT molecular complexity index is 1340. The minimum Gasteiger partial charge on any atom is -0.337 e. The first-order chi connectivity index (χ1) is 14.9. The first-order valence-corrected chi connectivity index (χ1v) is 11.7. The molecule has 0 saturated carbocycles. The van der Waals surface area contributed by atoms with Gasteiger partial charge in [0.05, 0.1) is 9.79 Å². The zero-order valence-corrected chi connectivity index (χ0v) is 18.3. The summed E-state index contributed by atoms with van der Waals surface area (Å²) in [7, 11) is -3.71. The van der Waals surface area contributed by atoms with Crippen LogP contribution in [-0.4, -0.2) is 25.4 Å². The number of aromatic nitrogens is 1. The van der Waals surface area contributed by atoms with Crippen molar-refractivity contribution in [2.45, 2.75) is 30.2 Å². The molecule has 0 spiro atoms. The Morgan fingerprint density at radius 3 is 2.26 bits per heavy atom. The van der Waals surface area contributed by atoms with E-state index in [0.717, 1.165) is 11.3 Å². The van der Waals surface area contributed by atoms with Crippen LogP contribution in [0.3, 0.4) is 0 Å². The lowest BCUT2D eigenvalue weighted by Crippen LogP contribution is -2.34. The molecule has 4 aromatic rings. The van der Waals surface area contributed by atoms with E-state index >= 15 is 0 Å². The van der Waals surface area contributed by atoms with Crippen LogP contribution in [0.1, 0.15) is 12.5 Å². The number of amides is 1. The molecule has 6 heteroatoms. The van der Waals surface area contributed by atoms with Crippen LogP contribution in [0.2, 0.25) is 0 Å². The number of aryl methyl sites for hydroxylation is 1. The van der Waals surface area contributed by atoms with Crippen LogP contribution in [-0.2, 0) is 21.2 Å². The highest BCUT2D eigenvalue weighted by Crippen LogP contribution is 2.30. The second-order valence-corrected chi connectivity index (χ2v) is 9.30. The SMILES string of the molecule is CCN(C(=O)Cn1cc(S(=O)(=O)c2ccccc2)c2ccccc21)c1ccccc1C. The van der Waals surface area contributed by atoms with Gasteiger partial charge in [0, 0.05) is 29.3 Å². The van der Waals surface area contributed by atoms with E-state index in [0.29, 0.717) is 17.4 Å². The normalized spacial score (nSPS) is 11.5. The number of hydrogen-bond donors (Lipinski definition) is 0. The van der Waals surface area contributed by atoms with Crippen LogP contribution in [0, 0.1) is 6.92 Å². The molecular formula is C25H24N2O3S. The van der Waals surface area contributed by atoms with Gasteiger partial charge >= 0.3 is 0 Å². The second-order valence-electron chi connectivity index (χ2n) is 7.38. The summed E-state index contributed by atoms with van der Waals surface area (Å²) in [6.45, 7) is 4.48. The number of rotatable bonds is 6. The van der Waals surface area contributed by atoms with Gasteiger partial charge in [-0.3, -0.25) is 4.79 Å². The molecule has 5 nitrogen and oxygen atoms in total. The van der Waals surface area contributed by atoms with E-state index in [1.165, 1.54) is 0 Å². The minimum atomic E-state index is -3.71. The van der Waals surface area contributed by atoms with Gasteiger partial charge in [0.2, 0.25) is 15.7 Å². The standard InChI is InChI=1S/C25H24N2O3S/c1-3-27(22-15-9-7-11-19(22)2)25(28)18-26-17-24(21-14-8-10-16-23(21)26)31(29,30)20-12-5-4-6-13-20/h4-17H,3,18H2,1-2H3. The highest BCUT2D eigenvalue weighted by molar-refractivity contribution is 7.91. The maximum Gasteiger partial charge on any atom is 0.246 e. The number of anilines is 1. The third-order valence-electron chi connectivity index (χ3n) is 5.42. The maximum absolute atomic E-state index is 13.3. The molecule has 1 aromatic heterocycles. The number of benzene rings is 3. The summed E-state index contributed by atoms with van der Waals surface area (Å²) in [6.07, 6.45) is 1.58. The molecule has 0 unspecified atom stereocenters. The van der Waals surface area contributed by atoms with Crippen LogP contribution in [0.4, 0.5) is 5.69 Å². The number of carbonyl (C=O) groups is 1. The summed E-state index contributed by atoms with van der Waals surface area (Å²) >= 11 is 0. The van der Waals surface area contributed by atoms with Crippen molar-refractivity contribution < 1.29 is 13.2 Å². The van der Waals surface area contributed by atoms with E-state index in [1.54, 1.807) is 52.1 Å². The van der Waals surface area contributed by atoms with Gasteiger partial charge in [-0.2, -0.15) is 0 Å². The molecule has 3 aromatic carbocycles. The largest absolute Gasteiger partial charge is 0.337 e. The topological polar surface area (TPSA) is 59.4 Å². The molecular weight excluding hydrogens is 408 g/mol. The fourth-order valence-electron chi connectivity index (χ4n) is 3.86. The summed E-state index contributed by atoms with van der Waals surface area (Å²) < 4.78 is 28.3. The molecule has 0 N–H and O–H groups in total. The predicted molar refractivity (Wildman–Crippen MR) is 123 cm³/mol. The van der Waals surface area contributed by atoms with Crippen LogP contribution in [0.25, 0.3) is 10.9 Å². The number of carbonyl (C=O) groups excluding carboxylic acids is 1. The summed E-state index contributed by atoms with van der Waals surface area (Å²) in [5.74, 6) is -0.0961. The fraction of sp³-hybridized carbons (Fsp3) is 0.160. The van der Waals surface area contributed by atoms with Crippen LogP contribution >= 0.6 is 0 Å². The number of fused-ring (bicyclic) bond motifs is 1. The molecule has 0 aliphatic rings. The molecule has 31 heavy (non-hydrogen) atoms. The molecule has 0 atom stereocenters. The first-order valence-electron chi connectivity index (χ1n) is 10.2. The Labute approximate surface area is 182 Å². The van der Waals surface area contributed by atoms with Crippen LogP contribution in [0.15, 0.2) is 94.9 Å². The van der Waals surface area contributed by atoms with Gasteiger partial charge in [-0.1, -0.05) is 54.6 Å². The van der Waals surface area contributed by atoms with Crippen molar-refractivity contribution in [1.29, 1.82) is 0 Å². The minimum absolute atomic E-state index is 0.0486. The lowest BCUT2D eigenvalue weighted by molar-refractivity contribution is -0.119. The van der Waals surface area contributed by atoms with Crippen LogP contribution < -0.4 is 4.90 Å². The van der Waals surface area contributed by atoms with E-state index in [9.17, 15) is 13.2 Å². The zero-order chi connectivity index (χ0) is 22.0. The molecule has 0 saturated heterocycles. The average Bonchev–Trinajstić information content (AvgIpc) is 3.15. The van der Waals surface area contributed by atoms with Crippen molar-refractivity contribution in [3.05, 3.63) is 90.6 Å². The number of nitrogens with zero attached hydrogens (tertiary/aromatic N) is 2. The predicted octanol–water partition coefficient (Wildman–Crippen LogP) is 4.84. The van der Waals surface area contributed by atoms with Gasteiger partial charge in [0.25, 0.3) is 0 Å². The Kier molecular flexibility index (Phi) is 5.65. The third-order valence-corrected chi connectivity index (χ3v) is 7.22. The van der Waals surface area contributed by atoms with Gasteiger partial charge in [-0.05, 0) is 43.7 Å². The van der Waals surface area contributed by atoms with E-state index in [1.807, 2.05) is 56.3 Å². The maximum atomic E-state index is 13.3. The summed E-state index contributed by atoms with van der Waals surface area (Å²) in [6, 6.07) is 23.4. The lowest BCUT2D eigenvalue weighted by Gasteiger charge is -2.23. The van der Waals surface area contributed by atoms with Crippen molar-refractivity contribution in [2.24, 2.45) is 0 Å². The highest BCUT2D eigenvalue weighted by atomic mass is 32.2. The first kappa shape index (κ1) is 20.9. The molecule has 0 fully saturated rings. The Balaban J connectivity index is 1.76. The summed E-state index contributed by atoms with van der Waals surface area (Å²) in [5.41, 5.74) is 2.59. The number of sulfone groups is 1. The fourth-order valence-corrected chi connectivity index (χ4v) is 5.36. The molecule has 0 bridgehead atoms. The highest BCUT2D eigenvalue weighted by Gasteiger charge is 2.24. The van der Waals surface area contributed by atoms with E-state index in [2.05, 4.69) is 0 Å². The quantitative estimate of drug-likeness (QED) is 0.438. The van der Waals surface area contributed by atoms with Gasteiger partial charge in [0.15, 0.2) is 0 Å². The van der Waals surface area contributed by atoms with E-state index in [-0.39, 0.29) is 22.2 Å². The van der Waals surface area contributed by atoms with Crippen molar-refractivity contribution in [3.8, 4) is 0 Å². The molecule has 1 amide bonds. The zero-order valence-electron chi connectivity index (χ0n) is 17.5. The molecule has 1 heterocycles. The molecule has 0 radical (unpaired) electrons. The second kappa shape index (κ2) is 8.40. The number of para-hydroxylation sites is 2. The van der Waals surface area contributed by atoms with Crippen molar-refractivity contribution in [1.82, 2.24) is 4.57 Å². The number of likely N-dealkylation sites (N-methyl/N-ethyl adjacent to an activating group) is 1. The van der Waals surface area contributed by atoms with Gasteiger partial charge < -0.3 is 9.47 Å². The lowest BCUT2D eigenvalue weighted by atomic mass is 10.2. The third kappa shape index (κ3) is 3.86. The van der Waals surface area contributed by atoms with E-state index < -0.39 is 9.84 Å². The number of hydrogen-bond acceptors (Lipinski definition) is 3. The summed E-state index contributed by atoms with van der Waals surface area (Å²) in [5, 5.41) is 0.609. The van der Waals surface area contributed by atoms with Gasteiger partial charge in [-0.25, -0.2) is 8.42 Å². The van der Waals surface area contributed by atoms with Crippen molar-refractivity contribution >= 4 is 32.3 Å². The molecule has 158 valence electrons. The smallest absolute Gasteiger partial charge is 0.246 e. The molecule has 0 aliphatic carbocycles. The van der Waals surface area contributed by atoms with Gasteiger partial charge in [-0.15, -0.1) is 0 Å². The van der Waals surface area contributed by atoms with E-state index in [4.69, 9.17) is 0 Å².